The van der Waals surface area contributed by atoms with Crippen molar-refractivity contribution in [1.82, 2.24) is 5.32 Å². The van der Waals surface area contributed by atoms with Crippen molar-refractivity contribution in [3.8, 4) is 0 Å². The number of nitrogens with one attached hydrogen (secondary N) is 1. The van der Waals surface area contributed by atoms with E-state index in [0.29, 0.717) is 11.5 Å². The molecule has 0 aliphatic carbocycles. The topological polar surface area (TPSA) is 83.1 Å². The molecule has 2 heterocycles. The maximum atomic E-state index is 13.3. The van der Waals surface area contributed by atoms with Gasteiger partial charge in [0.1, 0.15) is 18.3 Å². The number of aryl methyl sites for hydroxylation is 1. The Bertz CT molecular complexity index is 1050. The second kappa shape index (κ2) is 10.0. The molecule has 0 spiro atoms. The Morgan fingerprint density at radius 1 is 1.03 bits per heavy atom. The summed E-state index contributed by atoms with van der Waals surface area (Å²) in [4.78, 5) is 0.294. The van der Waals surface area contributed by atoms with Gasteiger partial charge in [0.15, 0.2) is 21.9 Å². The third-order valence-electron chi connectivity index (χ3n) is 6.04. The standard InChI is InChI=1S/C26H35NO6S/c1-17(2)27-21(16-34(28,29)20-13-11-18(3)12-14-20)22-23(30-15-19-9-7-6-8-10-19)24-25(31-22)33-26(4,5)32-24/h6-14,17,21-25,27H,15-16H2,1-5H3/t21-,22-,23-,24-,25-/m1/s1. The number of hydrogen-bond acceptors (Lipinski definition) is 7. The van der Waals surface area contributed by atoms with Crippen LogP contribution in [-0.2, 0) is 35.4 Å². The zero-order valence-electron chi connectivity index (χ0n) is 20.4. The van der Waals surface area contributed by atoms with Crippen molar-refractivity contribution in [3.63, 3.8) is 0 Å². The van der Waals surface area contributed by atoms with Gasteiger partial charge < -0.3 is 24.3 Å². The molecule has 7 nitrogen and oxygen atoms in total. The van der Waals surface area contributed by atoms with Crippen LogP contribution in [0.3, 0.4) is 0 Å². The summed E-state index contributed by atoms with van der Waals surface area (Å²) in [6.07, 6.45) is -2.16. The zero-order chi connectivity index (χ0) is 24.5. The van der Waals surface area contributed by atoms with E-state index in [-0.39, 0.29) is 11.8 Å². The van der Waals surface area contributed by atoms with Gasteiger partial charge in [-0.15, -0.1) is 0 Å². The molecular weight excluding hydrogens is 454 g/mol. The Morgan fingerprint density at radius 3 is 2.35 bits per heavy atom. The van der Waals surface area contributed by atoms with Crippen molar-refractivity contribution in [3.05, 3.63) is 65.7 Å². The van der Waals surface area contributed by atoms with Crippen LogP contribution in [0.5, 0.6) is 0 Å². The summed E-state index contributed by atoms with van der Waals surface area (Å²) in [6.45, 7) is 9.93. The second-order valence-corrected chi connectivity index (χ2v) is 11.9. The van der Waals surface area contributed by atoms with E-state index in [9.17, 15) is 8.42 Å². The Hall–Kier alpha value is -1.81. The van der Waals surface area contributed by atoms with E-state index in [0.717, 1.165) is 11.1 Å². The van der Waals surface area contributed by atoms with Gasteiger partial charge in [-0.25, -0.2) is 8.42 Å². The molecule has 2 saturated heterocycles. The van der Waals surface area contributed by atoms with Crippen molar-refractivity contribution in [2.75, 3.05) is 5.75 Å². The molecule has 34 heavy (non-hydrogen) atoms. The third-order valence-corrected chi connectivity index (χ3v) is 7.82. The van der Waals surface area contributed by atoms with Gasteiger partial charge in [0.2, 0.25) is 0 Å². The molecule has 0 amide bonds. The van der Waals surface area contributed by atoms with Gasteiger partial charge in [-0.3, -0.25) is 0 Å². The number of rotatable bonds is 9. The number of hydrogen-bond donors (Lipinski definition) is 1. The first kappa shape index (κ1) is 25.3. The lowest BCUT2D eigenvalue weighted by atomic mass is 10.0. The van der Waals surface area contributed by atoms with E-state index in [2.05, 4.69) is 5.32 Å². The summed E-state index contributed by atoms with van der Waals surface area (Å²) in [6, 6.07) is 16.3. The largest absolute Gasteiger partial charge is 0.368 e. The molecule has 4 rings (SSSR count). The monoisotopic (exact) mass is 489 g/mol. The maximum absolute atomic E-state index is 13.3. The minimum absolute atomic E-state index is 0.0373. The molecule has 2 aliphatic rings. The van der Waals surface area contributed by atoms with E-state index in [4.69, 9.17) is 18.9 Å². The van der Waals surface area contributed by atoms with Crippen LogP contribution in [0.25, 0.3) is 0 Å². The molecule has 0 radical (unpaired) electrons. The van der Waals surface area contributed by atoms with Gasteiger partial charge in [-0.1, -0.05) is 61.9 Å². The first-order valence-corrected chi connectivity index (χ1v) is 13.4. The summed E-state index contributed by atoms with van der Waals surface area (Å²) in [5, 5.41) is 3.40. The number of sulfone groups is 1. The van der Waals surface area contributed by atoms with E-state index in [1.54, 1.807) is 12.1 Å². The van der Waals surface area contributed by atoms with Crippen molar-refractivity contribution in [1.29, 1.82) is 0 Å². The maximum Gasteiger partial charge on any atom is 0.190 e. The highest BCUT2D eigenvalue weighted by molar-refractivity contribution is 7.91. The molecular formula is C26H35NO6S. The molecule has 1 N–H and O–H groups in total. The van der Waals surface area contributed by atoms with Gasteiger partial charge in [0.25, 0.3) is 0 Å². The van der Waals surface area contributed by atoms with Gasteiger partial charge >= 0.3 is 0 Å². The predicted molar refractivity (Wildman–Crippen MR) is 129 cm³/mol. The lowest BCUT2D eigenvalue weighted by molar-refractivity contribution is -0.222. The van der Waals surface area contributed by atoms with E-state index < -0.39 is 46.3 Å². The fraction of sp³-hybridized carbons (Fsp3) is 0.538. The molecule has 2 fully saturated rings. The molecule has 0 aromatic heterocycles. The van der Waals surface area contributed by atoms with Crippen molar-refractivity contribution >= 4 is 9.84 Å². The molecule has 186 valence electrons. The molecule has 2 aromatic carbocycles. The highest BCUT2D eigenvalue weighted by Crippen LogP contribution is 2.40. The summed E-state index contributed by atoms with van der Waals surface area (Å²) in [5.74, 6) is -0.934. The first-order chi connectivity index (χ1) is 16.0. The Balaban J connectivity index is 1.59. The van der Waals surface area contributed by atoms with Crippen molar-refractivity contribution in [2.45, 2.75) is 88.6 Å². The second-order valence-electron chi connectivity index (χ2n) is 9.85. The molecule has 2 aliphatic heterocycles. The van der Waals surface area contributed by atoms with Crippen molar-refractivity contribution < 1.29 is 27.4 Å². The number of fused-ring (bicyclic) bond motifs is 1. The quantitative estimate of drug-likeness (QED) is 0.576. The third kappa shape index (κ3) is 5.87. The van der Waals surface area contributed by atoms with Gasteiger partial charge in [0.05, 0.1) is 23.3 Å². The summed E-state index contributed by atoms with van der Waals surface area (Å²) in [7, 11) is -3.58. The van der Waals surface area contributed by atoms with Crippen LogP contribution < -0.4 is 5.32 Å². The normalized spacial score (nSPS) is 27.1. The minimum Gasteiger partial charge on any atom is -0.368 e. The minimum atomic E-state index is -3.58. The molecule has 2 aromatic rings. The average molecular weight is 490 g/mol. The SMILES string of the molecule is Cc1ccc(S(=O)(=O)C[C@@H](NC(C)C)[C@H]2O[C@@H]3OC(C)(C)O[C@@H]3[C@@H]2OCc2ccccc2)cc1. The van der Waals surface area contributed by atoms with Gasteiger partial charge in [-0.05, 0) is 38.5 Å². The Kier molecular flexibility index (Phi) is 7.47. The van der Waals surface area contributed by atoms with Crippen LogP contribution in [0.1, 0.15) is 38.8 Å². The fourth-order valence-corrected chi connectivity index (χ4v) is 6.03. The van der Waals surface area contributed by atoms with Crippen LogP contribution >= 0.6 is 0 Å². The Morgan fingerprint density at radius 2 is 1.71 bits per heavy atom. The average Bonchev–Trinajstić information content (AvgIpc) is 3.24. The van der Waals surface area contributed by atoms with E-state index in [1.807, 2.05) is 77.1 Å². The zero-order valence-corrected chi connectivity index (χ0v) is 21.2. The van der Waals surface area contributed by atoms with Gasteiger partial charge in [0, 0.05) is 6.04 Å². The lowest BCUT2D eigenvalue weighted by Crippen LogP contribution is -2.53. The van der Waals surface area contributed by atoms with Crippen molar-refractivity contribution in [2.24, 2.45) is 0 Å². The fourth-order valence-electron chi connectivity index (χ4n) is 4.53. The van der Waals surface area contributed by atoms with Crippen LogP contribution in [-0.4, -0.2) is 56.6 Å². The smallest absolute Gasteiger partial charge is 0.190 e. The number of ether oxygens (including phenoxy) is 4. The molecule has 8 heteroatoms. The van der Waals surface area contributed by atoms with Crippen LogP contribution in [0.2, 0.25) is 0 Å². The van der Waals surface area contributed by atoms with E-state index >= 15 is 0 Å². The summed E-state index contributed by atoms with van der Waals surface area (Å²) in [5.41, 5.74) is 2.03. The summed E-state index contributed by atoms with van der Waals surface area (Å²) >= 11 is 0. The highest BCUT2D eigenvalue weighted by atomic mass is 32.2. The van der Waals surface area contributed by atoms with Crippen LogP contribution in [0, 0.1) is 6.92 Å². The van der Waals surface area contributed by atoms with Crippen LogP contribution in [0.4, 0.5) is 0 Å². The lowest BCUT2D eigenvalue weighted by Gasteiger charge is -2.32. The molecule has 0 unspecified atom stereocenters. The highest BCUT2D eigenvalue weighted by Gasteiger charge is 2.57. The molecule has 0 bridgehead atoms. The molecule has 5 atom stereocenters. The molecule has 0 saturated carbocycles. The van der Waals surface area contributed by atoms with E-state index in [1.165, 1.54) is 0 Å². The van der Waals surface area contributed by atoms with Gasteiger partial charge in [-0.2, -0.15) is 0 Å². The number of benzene rings is 2. The summed E-state index contributed by atoms with van der Waals surface area (Å²) < 4.78 is 51.4. The predicted octanol–water partition coefficient (Wildman–Crippen LogP) is 3.60. The first-order valence-electron chi connectivity index (χ1n) is 11.8. The Labute approximate surface area is 202 Å². The van der Waals surface area contributed by atoms with Crippen LogP contribution in [0.15, 0.2) is 59.5 Å².